The SMILES string of the molecule is O=C(NC1CCCC1)[C@H](Cc1ccccc1)N(Cc1ccc(Cl)cc1Cl)C(=O)CN(c1ccccc1Cl)S(=O)(=O)c1ccccc1. The minimum atomic E-state index is -4.26. The zero-order chi connectivity index (χ0) is 32.7. The normalized spacial score (nSPS) is 14.1. The van der Waals surface area contributed by atoms with Crippen molar-refractivity contribution in [2.24, 2.45) is 0 Å². The molecule has 1 aliphatic rings. The van der Waals surface area contributed by atoms with E-state index in [4.69, 9.17) is 34.8 Å². The second-order valence-electron chi connectivity index (χ2n) is 11.2. The van der Waals surface area contributed by atoms with Crippen molar-refractivity contribution in [1.29, 1.82) is 0 Å². The lowest BCUT2D eigenvalue weighted by atomic mass is 10.0. The van der Waals surface area contributed by atoms with E-state index in [1.165, 1.54) is 17.0 Å². The summed E-state index contributed by atoms with van der Waals surface area (Å²) in [6.07, 6.45) is 3.95. The molecule has 4 aromatic carbocycles. The van der Waals surface area contributed by atoms with Crippen molar-refractivity contribution in [3.05, 3.63) is 129 Å². The molecule has 2 amide bonds. The number of nitrogens with one attached hydrogen (secondary N) is 1. The highest BCUT2D eigenvalue weighted by Gasteiger charge is 2.36. The molecule has 0 spiro atoms. The van der Waals surface area contributed by atoms with E-state index < -0.39 is 28.5 Å². The maximum Gasteiger partial charge on any atom is 0.264 e. The monoisotopic (exact) mass is 697 g/mol. The maximum absolute atomic E-state index is 14.6. The first kappa shape index (κ1) is 33.8. The average molecular weight is 699 g/mol. The molecular formula is C35H34Cl3N3O4S. The molecule has 0 unspecified atom stereocenters. The van der Waals surface area contributed by atoms with Crippen molar-refractivity contribution in [2.45, 2.75) is 55.6 Å². The largest absolute Gasteiger partial charge is 0.352 e. The van der Waals surface area contributed by atoms with Crippen LogP contribution in [0.4, 0.5) is 5.69 Å². The second-order valence-corrected chi connectivity index (χ2v) is 14.3. The summed E-state index contributed by atoms with van der Waals surface area (Å²) in [4.78, 5) is 30.1. The van der Waals surface area contributed by atoms with E-state index in [-0.39, 0.29) is 40.5 Å². The van der Waals surface area contributed by atoms with Gasteiger partial charge in [-0.15, -0.1) is 0 Å². The predicted octanol–water partition coefficient (Wildman–Crippen LogP) is 7.54. The first-order chi connectivity index (χ1) is 22.1. The van der Waals surface area contributed by atoms with Gasteiger partial charge in [-0.2, -0.15) is 0 Å². The van der Waals surface area contributed by atoms with Crippen LogP contribution in [-0.2, 0) is 32.6 Å². The summed E-state index contributed by atoms with van der Waals surface area (Å²) >= 11 is 19.3. The van der Waals surface area contributed by atoms with Crippen LogP contribution in [-0.4, -0.2) is 43.8 Å². The number of carbonyl (C=O) groups is 2. The molecule has 240 valence electrons. The van der Waals surface area contributed by atoms with Crippen LogP contribution in [0.1, 0.15) is 36.8 Å². The highest BCUT2D eigenvalue weighted by Crippen LogP contribution is 2.31. The van der Waals surface area contributed by atoms with Gasteiger partial charge in [-0.1, -0.05) is 114 Å². The highest BCUT2D eigenvalue weighted by molar-refractivity contribution is 7.92. The molecule has 0 bridgehead atoms. The Kier molecular flexibility index (Phi) is 11.3. The van der Waals surface area contributed by atoms with E-state index in [1.807, 2.05) is 30.3 Å². The third-order valence-electron chi connectivity index (χ3n) is 8.06. The Labute approximate surface area is 285 Å². The maximum atomic E-state index is 14.6. The van der Waals surface area contributed by atoms with Gasteiger partial charge in [-0.05, 0) is 60.4 Å². The van der Waals surface area contributed by atoms with Crippen LogP contribution in [0.2, 0.25) is 15.1 Å². The van der Waals surface area contributed by atoms with Crippen molar-refractivity contribution in [2.75, 3.05) is 10.8 Å². The number of halogens is 3. The molecule has 0 saturated heterocycles. The third kappa shape index (κ3) is 8.23. The summed E-state index contributed by atoms with van der Waals surface area (Å²) in [6.45, 7) is -0.680. The van der Waals surface area contributed by atoms with Crippen LogP contribution in [0, 0.1) is 0 Å². The molecule has 1 atom stereocenters. The van der Waals surface area contributed by atoms with E-state index in [9.17, 15) is 18.0 Å². The van der Waals surface area contributed by atoms with E-state index in [0.717, 1.165) is 35.6 Å². The molecule has 0 aliphatic heterocycles. The highest BCUT2D eigenvalue weighted by atomic mass is 35.5. The summed E-state index contributed by atoms with van der Waals surface area (Å²) in [6, 6.07) is 27.6. The van der Waals surface area contributed by atoms with Gasteiger partial charge in [0.25, 0.3) is 10.0 Å². The molecule has 4 aromatic rings. The van der Waals surface area contributed by atoms with E-state index >= 15 is 0 Å². The summed E-state index contributed by atoms with van der Waals surface area (Å²) in [5.41, 5.74) is 1.54. The van der Waals surface area contributed by atoms with Crippen molar-refractivity contribution in [3.63, 3.8) is 0 Å². The van der Waals surface area contributed by atoms with E-state index in [2.05, 4.69) is 5.32 Å². The van der Waals surface area contributed by atoms with Gasteiger partial charge in [-0.25, -0.2) is 8.42 Å². The van der Waals surface area contributed by atoms with Crippen LogP contribution >= 0.6 is 34.8 Å². The van der Waals surface area contributed by atoms with Gasteiger partial charge in [0, 0.05) is 29.1 Å². The van der Waals surface area contributed by atoms with E-state index in [0.29, 0.717) is 15.6 Å². The topological polar surface area (TPSA) is 86.8 Å². The van der Waals surface area contributed by atoms with E-state index in [1.54, 1.807) is 60.7 Å². The Hall–Kier alpha value is -3.56. The number of rotatable bonds is 12. The molecule has 1 fully saturated rings. The van der Waals surface area contributed by atoms with Crippen LogP contribution < -0.4 is 9.62 Å². The zero-order valence-electron chi connectivity index (χ0n) is 25.0. The van der Waals surface area contributed by atoms with Gasteiger partial charge in [0.15, 0.2) is 0 Å². The number of nitrogens with zero attached hydrogens (tertiary/aromatic N) is 2. The summed E-state index contributed by atoms with van der Waals surface area (Å²) in [7, 11) is -4.26. The number of hydrogen-bond donors (Lipinski definition) is 1. The van der Waals surface area contributed by atoms with Crippen LogP contribution in [0.25, 0.3) is 0 Å². The average Bonchev–Trinajstić information content (AvgIpc) is 3.56. The smallest absolute Gasteiger partial charge is 0.264 e. The molecule has 0 heterocycles. The Morgan fingerprint density at radius 3 is 2.09 bits per heavy atom. The number of anilines is 1. The number of benzene rings is 4. The fourth-order valence-electron chi connectivity index (χ4n) is 5.64. The first-order valence-electron chi connectivity index (χ1n) is 15.0. The molecule has 5 rings (SSSR count). The molecule has 46 heavy (non-hydrogen) atoms. The number of para-hydroxylation sites is 1. The minimum Gasteiger partial charge on any atom is -0.352 e. The van der Waals surface area contributed by atoms with Crippen LogP contribution in [0.15, 0.2) is 108 Å². The summed E-state index contributed by atoms with van der Waals surface area (Å²) in [5.74, 6) is -0.919. The Morgan fingerprint density at radius 2 is 1.43 bits per heavy atom. The van der Waals surface area contributed by atoms with Gasteiger partial charge in [0.2, 0.25) is 11.8 Å². The lowest BCUT2D eigenvalue weighted by molar-refractivity contribution is -0.140. The summed E-state index contributed by atoms with van der Waals surface area (Å²) in [5, 5.41) is 4.05. The lowest BCUT2D eigenvalue weighted by Crippen LogP contribution is -2.54. The van der Waals surface area contributed by atoms with Crippen molar-refractivity contribution < 1.29 is 18.0 Å². The van der Waals surface area contributed by atoms with Gasteiger partial charge < -0.3 is 10.2 Å². The minimum absolute atomic E-state index is 0.0000671. The summed E-state index contributed by atoms with van der Waals surface area (Å²) < 4.78 is 29.2. The fraction of sp³-hybridized carbons (Fsp3) is 0.257. The third-order valence-corrected chi connectivity index (χ3v) is 10.7. The Bertz CT molecular complexity index is 1770. The number of amides is 2. The van der Waals surface area contributed by atoms with Gasteiger partial charge in [0.1, 0.15) is 12.6 Å². The van der Waals surface area contributed by atoms with Crippen LogP contribution in [0.3, 0.4) is 0 Å². The standard InChI is InChI=1S/C35H34Cl3N3O4S/c36-27-20-19-26(31(38)22-27)23-40(33(21-25-11-3-1-4-12-25)35(43)39-28-13-7-8-14-28)34(42)24-41(32-18-10-9-17-30(32)37)46(44,45)29-15-5-2-6-16-29/h1-6,9-12,15-20,22,28,33H,7-8,13-14,21,23-24H2,(H,39,43)/t33-/m0/s1. The number of sulfonamides is 1. The van der Waals surface area contributed by atoms with Gasteiger partial charge in [0.05, 0.1) is 15.6 Å². The van der Waals surface area contributed by atoms with Crippen LogP contribution in [0.5, 0.6) is 0 Å². The lowest BCUT2D eigenvalue weighted by Gasteiger charge is -2.34. The molecule has 0 radical (unpaired) electrons. The molecule has 7 nitrogen and oxygen atoms in total. The van der Waals surface area contributed by atoms with Gasteiger partial charge >= 0.3 is 0 Å². The second kappa shape index (κ2) is 15.4. The van der Waals surface area contributed by atoms with Crippen molar-refractivity contribution in [1.82, 2.24) is 10.2 Å². The Balaban J connectivity index is 1.58. The molecular weight excluding hydrogens is 665 g/mol. The molecule has 1 aliphatic carbocycles. The van der Waals surface area contributed by atoms with Crippen molar-refractivity contribution >= 4 is 62.3 Å². The molecule has 1 saturated carbocycles. The fourth-order valence-corrected chi connectivity index (χ4v) is 7.85. The zero-order valence-corrected chi connectivity index (χ0v) is 28.1. The van der Waals surface area contributed by atoms with Gasteiger partial charge in [-0.3, -0.25) is 13.9 Å². The molecule has 11 heteroatoms. The Morgan fingerprint density at radius 1 is 0.804 bits per heavy atom. The number of carbonyl (C=O) groups excluding carboxylic acids is 2. The number of hydrogen-bond acceptors (Lipinski definition) is 4. The molecule has 0 aromatic heterocycles. The first-order valence-corrected chi connectivity index (χ1v) is 17.6. The predicted molar refractivity (Wildman–Crippen MR) is 184 cm³/mol. The van der Waals surface area contributed by atoms with Crippen molar-refractivity contribution in [3.8, 4) is 0 Å². The quantitative estimate of drug-likeness (QED) is 0.166. The molecule has 1 N–H and O–H groups in total.